The standard InChI is InChI=1S/C17H19N3O4S2/c1-12(21)18-17-19-14-7-9-20(11-15(14)25-17)16(22)8-10-26(23,24)13-5-3-2-4-6-13/h2-6H,7-11H2,1H3,(H,18,19,21). The van der Waals surface area contributed by atoms with Crippen LogP contribution in [0.5, 0.6) is 0 Å². The van der Waals surface area contributed by atoms with Crippen molar-refractivity contribution in [2.75, 3.05) is 17.6 Å². The fraction of sp³-hybridized carbons (Fsp3) is 0.353. The Balaban J connectivity index is 1.61. The monoisotopic (exact) mass is 393 g/mol. The number of nitrogens with one attached hydrogen (secondary N) is 1. The Morgan fingerprint density at radius 1 is 1.27 bits per heavy atom. The van der Waals surface area contributed by atoms with Crippen molar-refractivity contribution in [2.45, 2.75) is 31.2 Å². The first-order chi connectivity index (χ1) is 12.3. The van der Waals surface area contributed by atoms with E-state index in [2.05, 4.69) is 10.3 Å². The summed E-state index contributed by atoms with van der Waals surface area (Å²) in [6.45, 7) is 2.32. The molecule has 0 spiro atoms. The van der Waals surface area contributed by atoms with Crippen LogP contribution in [0.15, 0.2) is 35.2 Å². The number of thiazole rings is 1. The van der Waals surface area contributed by atoms with Crippen molar-refractivity contribution in [2.24, 2.45) is 0 Å². The normalized spacial score (nSPS) is 14.0. The third-order valence-electron chi connectivity index (χ3n) is 4.05. The first-order valence-electron chi connectivity index (χ1n) is 8.17. The van der Waals surface area contributed by atoms with Gasteiger partial charge in [-0.2, -0.15) is 0 Å². The molecule has 0 radical (unpaired) electrons. The second-order valence-electron chi connectivity index (χ2n) is 6.02. The van der Waals surface area contributed by atoms with Gasteiger partial charge in [0.05, 0.1) is 22.9 Å². The minimum absolute atomic E-state index is 0.0517. The van der Waals surface area contributed by atoms with E-state index in [0.29, 0.717) is 24.6 Å². The summed E-state index contributed by atoms with van der Waals surface area (Å²) in [6, 6.07) is 8.15. The zero-order valence-corrected chi connectivity index (χ0v) is 15.9. The largest absolute Gasteiger partial charge is 0.337 e. The number of carbonyl (C=O) groups is 2. The molecule has 1 aromatic carbocycles. The van der Waals surface area contributed by atoms with Crippen LogP contribution >= 0.6 is 11.3 Å². The summed E-state index contributed by atoms with van der Waals surface area (Å²) >= 11 is 1.35. The highest BCUT2D eigenvalue weighted by atomic mass is 32.2. The van der Waals surface area contributed by atoms with E-state index in [1.807, 2.05) is 0 Å². The van der Waals surface area contributed by atoms with Gasteiger partial charge in [-0.3, -0.25) is 9.59 Å². The molecule has 1 aliphatic heterocycles. The summed E-state index contributed by atoms with van der Waals surface area (Å²) in [6.07, 6.45) is 0.548. The van der Waals surface area contributed by atoms with Crippen LogP contribution in [0.2, 0.25) is 0 Å². The lowest BCUT2D eigenvalue weighted by atomic mass is 10.1. The summed E-state index contributed by atoms with van der Waals surface area (Å²) in [4.78, 5) is 30.8. The van der Waals surface area contributed by atoms with E-state index in [9.17, 15) is 18.0 Å². The second-order valence-corrected chi connectivity index (χ2v) is 9.21. The number of anilines is 1. The third kappa shape index (κ3) is 4.28. The van der Waals surface area contributed by atoms with Crippen LogP contribution in [0.25, 0.3) is 0 Å². The fourth-order valence-electron chi connectivity index (χ4n) is 2.74. The molecule has 9 heteroatoms. The van der Waals surface area contributed by atoms with Crippen molar-refractivity contribution in [3.63, 3.8) is 0 Å². The molecule has 2 aromatic rings. The molecule has 0 fully saturated rings. The number of hydrogen-bond acceptors (Lipinski definition) is 6. The van der Waals surface area contributed by atoms with Crippen molar-refractivity contribution < 1.29 is 18.0 Å². The molecule has 0 bridgehead atoms. The van der Waals surface area contributed by atoms with Crippen LogP contribution < -0.4 is 5.32 Å². The molecule has 0 atom stereocenters. The Labute approximate surface area is 156 Å². The quantitative estimate of drug-likeness (QED) is 0.836. The summed E-state index contributed by atoms with van der Waals surface area (Å²) in [7, 11) is -3.47. The summed E-state index contributed by atoms with van der Waals surface area (Å²) in [5, 5.41) is 3.19. The van der Waals surface area contributed by atoms with Gasteiger partial charge in [0.2, 0.25) is 11.8 Å². The first kappa shape index (κ1) is 18.5. The van der Waals surface area contributed by atoms with Crippen LogP contribution in [0, 0.1) is 0 Å². The number of rotatable bonds is 5. The Bertz CT molecular complexity index is 923. The maximum absolute atomic E-state index is 12.4. The number of amides is 2. The molecule has 2 heterocycles. The zero-order chi connectivity index (χ0) is 18.7. The Hall–Kier alpha value is -2.26. The number of hydrogen-bond donors (Lipinski definition) is 1. The molecule has 1 N–H and O–H groups in total. The van der Waals surface area contributed by atoms with E-state index in [1.54, 1.807) is 23.1 Å². The van der Waals surface area contributed by atoms with Crippen LogP contribution in [0.4, 0.5) is 5.13 Å². The van der Waals surface area contributed by atoms with Gasteiger partial charge < -0.3 is 10.2 Å². The van der Waals surface area contributed by atoms with E-state index in [0.717, 1.165) is 10.6 Å². The predicted octanol–water partition coefficient (Wildman–Crippen LogP) is 1.85. The van der Waals surface area contributed by atoms with E-state index >= 15 is 0 Å². The lowest BCUT2D eigenvalue weighted by Crippen LogP contribution is -2.36. The van der Waals surface area contributed by atoms with Gasteiger partial charge in [0.1, 0.15) is 0 Å². The average molecular weight is 393 g/mol. The first-order valence-corrected chi connectivity index (χ1v) is 10.6. The number of sulfone groups is 1. The molecule has 2 amide bonds. The molecule has 0 saturated carbocycles. The number of nitrogens with zero attached hydrogens (tertiary/aromatic N) is 2. The number of aromatic nitrogens is 1. The van der Waals surface area contributed by atoms with Crippen molar-refractivity contribution >= 4 is 38.1 Å². The summed E-state index contributed by atoms with van der Waals surface area (Å²) in [5.41, 5.74) is 0.889. The van der Waals surface area contributed by atoms with Crippen LogP contribution in [-0.4, -0.2) is 42.4 Å². The van der Waals surface area contributed by atoms with Crippen molar-refractivity contribution in [1.29, 1.82) is 0 Å². The number of benzene rings is 1. The number of fused-ring (bicyclic) bond motifs is 1. The molecule has 1 aliphatic rings. The van der Waals surface area contributed by atoms with Crippen LogP contribution in [0.3, 0.4) is 0 Å². The zero-order valence-electron chi connectivity index (χ0n) is 14.3. The molecule has 138 valence electrons. The Kier molecular flexibility index (Phi) is 5.38. The minimum Gasteiger partial charge on any atom is -0.337 e. The molecule has 1 aromatic heterocycles. The van der Waals surface area contributed by atoms with Crippen molar-refractivity contribution in [1.82, 2.24) is 9.88 Å². The van der Waals surface area contributed by atoms with Crippen LogP contribution in [0.1, 0.15) is 23.9 Å². The van der Waals surface area contributed by atoms with E-state index in [4.69, 9.17) is 0 Å². The predicted molar refractivity (Wildman–Crippen MR) is 98.7 cm³/mol. The van der Waals surface area contributed by atoms with Gasteiger partial charge in [-0.25, -0.2) is 13.4 Å². The van der Waals surface area contributed by atoms with Gasteiger partial charge in [-0.15, -0.1) is 0 Å². The fourth-order valence-corrected chi connectivity index (χ4v) is 5.06. The van der Waals surface area contributed by atoms with E-state index in [1.165, 1.54) is 30.4 Å². The highest BCUT2D eigenvalue weighted by Gasteiger charge is 2.25. The molecule has 3 rings (SSSR count). The highest BCUT2D eigenvalue weighted by molar-refractivity contribution is 7.91. The van der Waals surface area contributed by atoms with Crippen LogP contribution in [-0.2, 0) is 32.4 Å². The SMILES string of the molecule is CC(=O)Nc1nc2c(s1)CN(C(=O)CCS(=O)(=O)c1ccccc1)CC2. The van der Waals surface area contributed by atoms with Gasteiger partial charge in [0, 0.05) is 31.2 Å². The van der Waals surface area contributed by atoms with Crippen molar-refractivity contribution in [3.05, 3.63) is 40.9 Å². The summed E-state index contributed by atoms with van der Waals surface area (Å²) < 4.78 is 24.6. The maximum atomic E-state index is 12.4. The molecule has 7 nitrogen and oxygen atoms in total. The molecular formula is C17H19N3O4S2. The van der Waals surface area contributed by atoms with Gasteiger partial charge in [0.25, 0.3) is 0 Å². The van der Waals surface area contributed by atoms with Gasteiger partial charge in [-0.05, 0) is 12.1 Å². The van der Waals surface area contributed by atoms with E-state index < -0.39 is 9.84 Å². The minimum atomic E-state index is -3.47. The lowest BCUT2D eigenvalue weighted by molar-refractivity contribution is -0.131. The second kappa shape index (κ2) is 7.55. The molecule has 0 aliphatic carbocycles. The van der Waals surface area contributed by atoms with Gasteiger partial charge in [0.15, 0.2) is 15.0 Å². The lowest BCUT2D eigenvalue weighted by Gasteiger charge is -2.26. The Morgan fingerprint density at radius 2 is 2.00 bits per heavy atom. The van der Waals surface area contributed by atoms with E-state index in [-0.39, 0.29) is 28.9 Å². The topological polar surface area (TPSA) is 96.4 Å². The molecular weight excluding hydrogens is 374 g/mol. The molecule has 26 heavy (non-hydrogen) atoms. The molecule has 0 saturated heterocycles. The molecule has 0 unspecified atom stereocenters. The Morgan fingerprint density at radius 3 is 2.69 bits per heavy atom. The smallest absolute Gasteiger partial charge is 0.223 e. The number of carbonyl (C=O) groups excluding carboxylic acids is 2. The van der Waals surface area contributed by atoms with Crippen molar-refractivity contribution in [3.8, 4) is 0 Å². The maximum Gasteiger partial charge on any atom is 0.223 e. The average Bonchev–Trinajstić information content (AvgIpc) is 3.01. The highest BCUT2D eigenvalue weighted by Crippen LogP contribution is 2.28. The third-order valence-corrected chi connectivity index (χ3v) is 6.78. The summed E-state index contributed by atoms with van der Waals surface area (Å²) in [5.74, 6) is -0.584. The van der Waals surface area contributed by atoms with Gasteiger partial charge in [-0.1, -0.05) is 29.5 Å². The van der Waals surface area contributed by atoms with Gasteiger partial charge >= 0.3 is 0 Å².